The largest absolute Gasteiger partial charge is 0.497 e. The molecule has 180 valence electrons. The zero-order valence-electron chi connectivity index (χ0n) is 19.3. The highest BCUT2D eigenvalue weighted by Crippen LogP contribution is 2.33. The highest BCUT2D eigenvalue weighted by atomic mass is 35.5. The summed E-state index contributed by atoms with van der Waals surface area (Å²) < 4.78 is 34.7. The lowest BCUT2D eigenvalue weighted by Gasteiger charge is -2.10. The summed E-state index contributed by atoms with van der Waals surface area (Å²) in [5.74, 6) is -2.56. The topological polar surface area (TPSA) is 56.1 Å². The van der Waals surface area contributed by atoms with Gasteiger partial charge in [-0.15, -0.1) is 0 Å². The second kappa shape index (κ2) is 10.3. The quantitative estimate of drug-likeness (QED) is 0.313. The van der Waals surface area contributed by atoms with Crippen molar-refractivity contribution in [3.05, 3.63) is 101 Å². The molecule has 0 fully saturated rings. The molecule has 0 saturated heterocycles. The molecular weight excluding hydrogens is 472 g/mol. The van der Waals surface area contributed by atoms with Gasteiger partial charge in [0, 0.05) is 24.6 Å². The number of halogens is 3. The number of para-hydroxylation sites is 1. The first kappa shape index (κ1) is 24.4. The monoisotopic (exact) mass is 495 g/mol. The molecule has 5 nitrogen and oxygen atoms in total. The van der Waals surface area contributed by atoms with Crippen LogP contribution in [0.3, 0.4) is 0 Å². The van der Waals surface area contributed by atoms with Gasteiger partial charge < -0.3 is 10.1 Å². The summed E-state index contributed by atoms with van der Waals surface area (Å²) >= 11 is 6.31. The maximum Gasteiger partial charge on any atom is 0.288 e. The van der Waals surface area contributed by atoms with Crippen molar-refractivity contribution in [3.8, 4) is 22.7 Å². The Morgan fingerprint density at radius 3 is 2.37 bits per heavy atom. The lowest BCUT2D eigenvalue weighted by Crippen LogP contribution is -2.25. The van der Waals surface area contributed by atoms with Crippen LogP contribution in [-0.4, -0.2) is 29.3 Å². The molecular formula is C27H24ClF2N3O2. The van der Waals surface area contributed by atoms with E-state index in [1.54, 1.807) is 55.6 Å². The number of amides is 1. The van der Waals surface area contributed by atoms with E-state index in [0.29, 0.717) is 40.5 Å². The summed E-state index contributed by atoms with van der Waals surface area (Å²) in [5.41, 5.74) is 2.74. The molecule has 3 aromatic carbocycles. The van der Waals surface area contributed by atoms with E-state index in [4.69, 9.17) is 16.3 Å². The molecule has 1 N–H and O–H groups in total. The molecule has 0 aliphatic heterocycles. The molecule has 35 heavy (non-hydrogen) atoms. The standard InChI is InChI=1S/C27H24ClF2N3O2/c1-27(29,30)25-17-24(33(32-25)23-6-4-3-5-22(23)28)19-9-11-20(12-10-19)26(34)31-16-15-18-7-13-21(35-2)14-8-18/h3-14,17H,15-16H2,1-2H3,(H,31,34). The molecule has 0 bridgehead atoms. The van der Waals surface area contributed by atoms with Crippen LogP contribution in [0.4, 0.5) is 8.78 Å². The van der Waals surface area contributed by atoms with Gasteiger partial charge in [0.25, 0.3) is 11.8 Å². The van der Waals surface area contributed by atoms with E-state index in [-0.39, 0.29) is 11.6 Å². The summed E-state index contributed by atoms with van der Waals surface area (Å²) in [5, 5.41) is 7.41. The first-order chi connectivity index (χ1) is 16.8. The van der Waals surface area contributed by atoms with Crippen LogP contribution >= 0.6 is 11.6 Å². The molecule has 0 aliphatic rings. The van der Waals surface area contributed by atoms with E-state index < -0.39 is 5.92 Å². The molecule has 4 aromatic rings. The third-order valence-electron chi connectivity index (χ3n) is 5.54. The van der Waals surface area contributed by atoms with Crippen molar-refractivity contribution in [3.63, 3.8) is 0 Å². The van der Waals surface area contributed by atoms with Gasteiger partial charge in [0.15, 0.2) is 0 Å². The number of carbonyl (C=O) groups is 1. The number of hydrogen-bond donors (Lipinski definition) is 1. The Labute approximate surface area is 207 Å². The average molecular weight is 496 g/mol. The van der Waals surface area contributed by atoms with Crippen LogP contribution < -0.4 is 10.1 Å². The zero-order valence-corrected chi connectivity index (χ0v) is 20.0. The van der Waals surface area contributed by atoms with Gasteiger partial charge in [-0.05, 0) is 54.4 Å². The fraction of sp³-hybridized carbons (Fsp3) is 0.185. The Kier molecular flexibility index (Phi) is 7.17. The van der Waals surface area contributed by atoms with E-state index in [0.717, 1.165) is 18.2 Å². The van der Waals surface area contributed by atoms with E-state index in [2.05, 4.69) is 10.4 Å². The molecule has 1 heterocycles. The number of rotatable bonds is 8. The molecule has 0 spiro atoms. The lowest BCUT2D eigenvalue weighted by molar-refractivity contribution is 0.0124. The number of alkyl halides is 2. The van der Waals surface area contributed by atoms with Gasteiger partial charge in [0.05, 0.1) is 23.5 Å². The van der Waals surface area contributed by atoms with Crippen LogP contribution in [0.1, 0.15) is 28.5 Å². The minimum Gasteiger partial charge on any atom is -0.497 e. The highest BCUT2D eigenvalue weighted by Gasteiger charge is 2.30. The summed E-state index contributed by atoms with van der Waals surface area (Å²) in [7, 11) is 1.61. The summed E-state index contributed by atoms with van der Waals surface area (Å²) in [4.78, 5) is 12.6. The minimum atomic E-state index is -3.12. The van der Waals surface area contributed by atoms with Gasteiger partial charge >= 0.3 is 0 Å². The maximum absolute atomic E-state index is 14.1. The van der Waals surface area contributed by atoms with Crippen LogP contribution in [-0.2, 0) is 12.3 Å². The van der Waals surface area contributed by atoms with Crippen molar-refractivity contribution >= 4 is 17.5 Å². The SMILES string of the molecule is COc1ccc(CCNC(=O)c2ccc(-c3cc(C(C)(F)F)nn3-c3ccccc3Cl)cc2)cc1. The first-order valence-corrected chi connectivity index (χ1v) is 11.4. The van der Waals surface area contributed by atoms with Gasteiger partial charge in [-0.1, -0.05) is 48.0 Å². The number of ether oxygens (including phenoxy) is 1. The normalized spacial score (nSPS) is 11.3. The molecule has 0 radical (unpaired) electrons. The highest BCUT2D eigenvalue weighted by molar-refractivity contribution is 6.32. The second-order valence-electron chi connectivity index (χ2n) is 8.10. The molecule has 4 rings (SSSR count). The number of methoxy groups -OCH3 is 1. The number of carbonyl (C=O) groups excluding carboxylic acids is 1. The van der Waals surface area contributed by atoms with E-state index in [1.165, 1.54) is 10.7 Å². The van der Waals surface area contributed by atoms with Crippen LogP contribution in [0.5, 0.6) is 5.75 Å². The third-order valence-corrected chi connectivity index (χ3v) is 5.86. The van der Waals surface area contributed by atoms with Gasteiger partial charge in [-0.25, -0.2) is 4.68 Å². The average Bonchev–Trinajstić information content (AvgIpc) is 3.31. The number of aromatic nitrogens is 2. The molecule has 0 atom stereocenters. The van der Waals surface area contributed by atoms with Crippen molar-refractivity contribution in [1.82, 2.24) is 15.1 Å². The summed E-state index contributed by atoms with van der Waals surface area (Å²) in [6.07, 6.45) is 0.679. The molecule has 0 saturated carbocycles. The van der Waals surface area contributed by atoms with Gasteiger partial charge in [-0.2, -0.15) is 13.9 Å². The van der Waals surface area contributed by atoms with Crippen LogP contribution in [0.2, 0.25) is 5.02 Å². The Balaban J connectivity index is 1.51. The molecule has 0 unspecified atom stereocenters. The van der Waals surface area contributed by atoms with Crippen molar-refractivity contribution < 1.29 is 18.3 Å². The first-order valence-electron chi connectivity index (χ1n) is 11.0. The van der Waals surface area contributed by atoms with E-state index in [9.17, 15) is 13.6 Å². The predicted molar refractivity (Wildman–Crippen MR) is 133 cm³/mol. The van der Waals surface area contributed by atoms with E-state index >= 15 is 0 Å². The van der Waals surface area contributed by atoms with Gasteiger partial charge in [-0.3, -0.25) is 4.79 Å². The number of hydrogen-bond acceptors (Lipinski definition) is 3. The number of nitrogens with one attached hydrogen (secondary N) is 1. The van der Waals surface area contributed by atoms with Crippen molar-refractivity contribution in [2.75, 3.05) is 13.7 Å². The fourth-order valence-corrected chi connectivity index (χ4v) is 3.83. The van der Waals surface area contributed by atoms with Crippen LogP contribution in [0, 0.1) is 0 Å². The van der Waals surface area contributed by atoms with Gasteiger partial charge in [0.1, 0.15) is 11.4 Å². The van der Waals surface area contributed by atoms with E-state index in [1.807, 2.05) is 24.3 Å². The second-order valence-corrected chi connectivity index (χ2v) is 8.50. The number of nitrogens with zero attached hydrogens (tertiary/aromatic N) is 2. The molecule has 1 amide bonds. The van der Waals surface area contributed by atoms with Crippen molar-refractivity contribution in [1.29, 1.82) is 0 Å². The van der Waals surface area contributed by atoms with Crippen molar-refractivity contribution in [2.45, 2.75) is 19.3 Å². The number of benzene rings is 3. The fourth-order valence-electron chi connectivity index (χ4n) is 3.62. The Morgan fingerprint density at radius 2 is 1.74 bits per heavy atom. The Hall–Kier alpha value is -3.71. The third kappa shape index (κ3) is 5.69. The lowest BCUT2D eigenvalue weighted by atomic mass is 10.1. The maximum atomic E-state index is 14.1. The van der Waals surface area contributed by atoms with Crippen LogP contribution in [0.15, 0.2) is 78.9 Å². The summed E-state index contributed by atoms with van der Waals surface area (Å²) in [6, 6.07) is 22.6. The smallest absolute Gasteiger partial charge is 0.288 e. The molecule has 8 heteroatoms. The predicted octanol–water partition coefficient (Wildman–Crippen LogP) is 6.29. The Morgan fingerprint density at radius 1 is 1.06 bits per heavy atom. The Bertz CT molecular complexity index is 1310. The zero-order chi connectivity index (χ0) is 25.0. The van der Waals surface area contributed by atoms with Crippen LogP contribution in [0.25, 0.3) is 16.9 Å². The molecule has 0 aliphatic carbocycles. The molecule has 1 aromatic heterocycles. The minimum absolute atomic E-state index is 0.217. The summed E-state index contributed by atoms with van der Waals surface area (Å²) in [6.45, 7) is 1.27. The van der Waals surface area contributed by atoms with Gasteiger partial charge in [0.2, 0.25) is 0 Å². The van der Waals surface area contributed by atoms with Crippen molar-refractivity contribution in [2.24, 2.45) is 0 Å².